The van der Waals surface area contributed by atoms with Crippen LogP contribution in [-0.2, 0) is 15.1 Å². The molecule has 1 aromatic carbocycles. The molecule has 1 atom stereocenters. The Morgan fingerprint density at radius 2 is 2.00 bits per heavy atom. The van der Waals surface area contributed by atoms with Crippen molar-refractivity contribution in [3.63, 3.8) is 0 Å². The van der Waals surface area contributed by atoms with E-state index >= 15 is 0 Å². The molecular formula is C20H24N4O3. The summed E-state index contributed by atoms with van der Waals surface area (Å²) in [5.41, 5.74) is 1.99. The summed E-state index contributed by atoms with van der Waals surface area (Å²) in [6, 6.07) is 9.67. The molecule has 1 saturated heterocycles. The summed E-state index contributed by atoms with van der Waals surface area (Å²) >= 11 is 0. The van der Waals surface area contributed by atoms with E-state index in [-0.39, 0.29) is 17.9 Å². The number of benzene rings is 1. The van der Waals surface area contributed by atoms with Gasteiger partial charge in [-0.2, -0.15) is 5.10 Å². The van der Waals surface area contributed by atoms with Crippen LogP contribution in [0.2, 0.25) is 0 Å². The second-order valence-electron chi connectivity index (χ2n) is 7.51. The first-order chi connectivity index (χ1) is 13.0. The third kappa shape index (κ3) is 3.12. The minimum atomic E-state index is -0.599. The van der Waals surface area contributed by atoms with Crippen molar-refractivity contribution in [3.8, 4) is 0 Å². The van der Waals surface area contributed by atoms with Crippen molar-refractivity contribution in [2.45, 2.75) is 44.4 Å². The maximum absolute atomic E-state index is 12.7. The lowest BCUT2D eigenvalue weighted by atomic mass is 9.83. The zero-order valence-electron chi connectivity index (χ0n) is 15.6. The van der Waals surface area contributed by atoms with Gasteiger partial charge in [-0.25, -0.2) is 0 Å². The number of piperidine rings is 1. The molecule has 1 unspecified atom stereocenters. The lowest BCUT2D eigenvalue weighted by Crippen LogP contribution is -2.46. The fourth-order valence-corrected chi connectivity index (χ4v) is 4.05. The van der Waals surface area contributed by atoms with Gasteiger partial charge in [0.05, 0.1) is 5.60 Å². The number of aromatic nitrogens is 2. The number of H-pyrrole nitrogens is 1. The second kappa shape index (κ2) is 6.81. The lowest BCUT2D eigenvalue weighted by Gasteiger charge is -2.39. The first-order valence-electron chi connectivity index (χ1n) is 9.36. The highest BCUT2D eigenvalue weighted by molar-refractivity contribution is 5.92. The maximum atomic E-state index is 12.7. The van der Waals surface area contributed by atoms with Crippen LogP contribution in [0, 0.1) is 0 Å². The molecule has 1 fully saturated rings. The molecule has 1 aromatic heterocycles. The van der Waals surface area contributed by atoms with Crippen LogP contribution < -0.4 is 5.32 Å². The van der Waals surface area contributed by atoms with Crippen molar-refractivity contribution in [1.29, 1.82) is 0 Å². The number of hydrogen-bond acceptors (Lipinski definition) is 4. The van der Waals surface area contributed by atoms with E-state index in [1.807, 2.05) is 43.0 Å². The van der Waals surface area contributed by atoms with Crippen molar-refractivity contribution >= 4 is 11.8 Å². The highest BCUT2D eigenvalue weighted by Crippen LogP contribution is 2.49. The SMILES string of the molecule is CC(C)NC(=O)C1OC2(CCN(C(=O)c3ccn[nH]3)CC2)c2ccccc21. The molecule has 4 rings (SSSR count). The third-order valence-corrected chi connectivity index (χ3v) is 5.34. The molecule has 3 heterocycles. The zero-order valence-corrected chi connectivity index (χ0v) is 15.6. The van der Waals surface area contributed by atoms with E-state index in [0.717, 1.165) is 11.1 Å². The molecule has 1 spiro atoms. The Morgan fingerprint density at radius 3 is 2.67 bits per heavy atom. The normalized spacial score (nSPS) is 20.7. The highest BCUT2D eigenvalue weighted by Gasteiger charge is 2.49. The predicted octanol–water partition coefficient (Wildman–Crippen LogP) is 2.14. The minimum absolute atomic E-state index is 0.0530. The van der Waals surface area contributed by atoms with Gasteiger partial charge in [-0.05, 0) is 43.9 Å². The van der Waals surface area contributed by atoms with Gasteiger partial charge in [-0.1, -0.05) is 24.3 Å². The van der Waals surface area contributed by atoms with Gasteiger partial charge in [0.1, 0.15) is 5.69 Å². The van der Waals surface area contributed by atoms with Crippen LogP contribution in [0.1, 0.15) is 54.4 Å². The topological polar surface area (TPSA) is 87.3 Å². The number of nitrogens with zero attached hydrogens (tertiary/aromatic N) is 2. The number of carbonyl (C=O) groups is 2. The lowest BCUT2D eigenvalue weighted by molar-refractivity contribution is -0.150. The summed E-state index contributed by atoms with van der Waals surface area (Å²) in [6.45, 7) is 5.03. The molecule has 27 heavy (non-hydrogen) atoms. The standard InChI is InChI=1S/C20H24N4O3/c1-13(2)22-18(25)17-14-5-3-4-6-15(14)20(27-17)8-11-24(12-9-20)19(26)16-7-10-21-23-16/h3-7,10,13,17H,8-9,11-12H2,1-2H3,(H,21,23)(H,22,25). The number of rotatable bonds is 3. The predicted molar refractivity (Wildman–Crippen MR) is 98.9 cm³/mol. The smallest absolute Gasteiger partial charge is 0.271 e. The van der Waals surface area contributed by atoms with E-state index in [1.165, 1.54) is 0 Å². The monoisotopic (exact) mass is 368 g/mol. The third-order valence-electron chi connectivity index (χ3n) is 5.34. The van der Waals surface area contributed by atoms with Crippen molar-refractivity contribution in [3.05, 3.63) is 53.3 Å². The number of aromatic amines is 1. The number of ether oxygens (including phenoxy) is 1. The molecule has 0 saturated carbocycles. The molecule has 2 aromatic rings. The number of fused-ring (bicyclic) bond motifs is 2. The average molecular weight is 368 g/mol. The van der Waals surface area contributed by atoms with Gasteiger partial charge in [0.2, 0.25) is 0 Å². The van der Waals surface area contributed by atoms with Gasteiger partial charge in [-0.15, -0.1) is 0 Å². The van der Waals surface area contributed by atoms with Crippen LogP contribution in [0.4, 0.5) is 0 Å². The minimum Gasteiger partial charge on any atom is -0.352 e. The molecule has 2 aliphatic heterocycles. The Hall–Kier alpha value is -2.67. The summed E-state index contributed by atoms with van der Waals surface area (Å²) < 4.78 is 6.37. The van der Waals surface area contributed by atoms with E-state index < -0.39 is 11.7 Å². The van der Waals surface area contributed by atoms with E-state index in [9.17, 15) is 9.59 Å². The quantitative estimate of drug-likeness (QED) is 0.869. The van der Waals surface area contributed by atoms with Gasteiger partial charge in [-0.3, -0.25) is 14.7 Å². The fraction of sp³-hybridized carbons (Fsp3) is 0.450. The van der Waals surface area contributed by atoms with Gasteiger partial charge < -0.3 is 15.0 Å². The Morgan fingerprint density at radius 1 is 1.26 bits per heavy atom. The van der Waals surface area contributed by atoms with Crippen molar-refractivity contribution in [2.24, 2.45) is 0 Å². The van der Waals surface area contributed by atoms with Crippen LogP contribution in [-0.4, -0.2) is 46.0 Å². The van der Waals surface area contributed by atoms with E-state index in [2.05, 4.69) is 15.5 Å². The first kappa shape index (κ1) is 17.7. The number of amides is 2. The number of nitrogens with one attached hydrogen (secondary N) is 2. The van der Waals surface area contributed by atoms with Gasteiger partial charge >= 0.3 is 0 Å². The Kier molecular flexibility index (Phi) is 4.47. The first-order valence-corrected chi connectivity index (χ1v) is 9.36. The molecule has 142 valence electrons. The van der Waals surface area contributed by atoms with E-state index in [0.29, 0.717) is 31.6 Å². The second-order valence-corrected chi connectivity index (χ2v) is 7.51. The van der Waals surface area contributed by atoms with Crippen LogP contribution in [0.5, 0.6) is 0 Å². The Labute approximate surface area is 158 Å². The summed E-state index contributed by atoms with van der Waals surface area (Å²) in [4.78, 5) is 27.0. The van der Waals surface area contributed by atoms with Crippen LogP contribution >= 0.6 is 0 Å². The largest absolute Gasteiger partial charge is 0.352 e. The van der Waals surface area contributed by atoms with Crippen molar-refractivity contribution in [2.75, 3.05) is 13.1 Å². The molecule has 0 bridgehead atoms. The Bertz CT molecular complexity index is 839. The van der Waals surface area contributed by atoms with Crippen molar-refractivity contribution < 1.29 is 14.3 Å². The van der Waals surface area contributed by atoms with Crippen LogP contribution in [0.25, 0.3) is 0 Å². The molecule has 0 aliphatic carbocycles. The number of carbonyl (C=O) groups excluding carboxylic acids is 2. The Balaban J connectivity index is 1.54. The van der Waals surface area contributed by atoms with Gasteiger partial charge in [0, 0.05) is 25.3 Å². The van der Waals surface area contributed by atoms with Crippen molar-refractivity contribution in [1.82, 2.24) is 20.4 Å². The maximum Gasteiger partial charge on any atom is 0.271 e. The highest BCUT2D eigenvalue weighted by atomic mass is 16.5. The summed E-state index contributed by atoms with van der Waals surface area (Å²) in [7, 11) is 0. The molecular weight excluding hydrogens is 344 g/mol. The number of likely N-dealkylation sites (tertiary alicyclic amines) is 1. The average Bonchev–Trinajstić information content (AvgIpc) is 3.29. The zero-order chi connectivity index (χ0) is 19.0. The molecule has 2 amide bonds. The molecule has 7 nitrogen and oxygen atoms in total. The number of hydrogen-bond donors (Lipinski definition) is 2. The summed E-state index contributed by atoms with van der Waals surface area (Å²) in [5.74, 6) is -0.159. The van der Waals surface area contributed by atoms with Crippen LogP contribution in [0.15, 0.2) is 36.5 Å². The fourth-order valence-electron chi connectivity index (χ4n) is 4.05. The van der Waals surface area contributed by atoms with Gasteiger partial charge in [0.15, 0.2) is 6.10 Å². The molecule has 2 N–H and O–H groups in total. The molecule has 2 aliphatic rings. The van der Waals surface area contributed by atoms with Crippen LogP contribution in [0.3, 0.4) is 0 Å². The molecule has 0 radical (unpaired) electrons. The molecule has 7 heteroatoms. The van der Waals surface area contributed by atoms with E-state index in [1.54, 1.807) is 12.3 Å². The summed E-state index contributed by atoms with van der Waals surface area (Å²) in [5, 5.41) is 9.53. The summed E-state index contributed by atoms with van der Waals surface area (Å²) in [6.07, 6.45) is 2.30. The van der Waals surface area contributed by atoms with E-state index in [4.69, 9.17) is 4.74 Å². The van der Waals surface area contributed by atoms with Gasteiger partial charge in [0.25, 0.3) is 11.8 Å².